The van der Waals surface area contributed by atoms with E-state index in [-0.39, 0.29) is 5.91 Å². The second-order valence-corrected chi connectivity index (χ2v) is 4.95. The van der Waals surface area contributed by atoms with Crippen molar-refractivity contribution in [3.05, 3.63) is 35.9 Å². The van der Waals surface area contributed by atoms with Crippen molar-refractivity contribution in [1.82, 2.24) is 5.32 Å². The Morgan fingerprint density at radius 1 is 1.33 bits per heavy atom. The van der Waals surface area contributed by atoms with Crippen LogP contribution in [0.5, 0.6) is 0 Å². The van der Waals surface area contributed by atoms with E-state index in [2.05, 4.69) is 5.32 Å². The van der Waals surface area contributed by atoms with Gasteiger partial charge in [-0.1, -0.05) is 44.2 Å². The summed E-state index contributed by atoms with van der Waals surface area (Å²) >= 11 is 0. The summed E-state index contributed by atoms with van der Waals surface area (Å²) in [7, 11) is 0. The molecule has 0 fully saturated rings. The van der Waals surface area contributed by atoms with Crippen LogP contribution in [0.1, 0.15) is 25.8 Å². The first-order chi connectivity index (χ1) is 8.49. The largest absolute Gasteiger partial charge is 0.374 e. The van der Waals surface area contributed by atoms with Gasteiger partial charge in [0.15, 0.2) is 0 Å². The number of carbonyl (C=O) groups excluding carboxylic acids is 1. The molecule has 0 aromatic heterocycles. The van der Waals surface area contributed by atoms with E-state index in [0.29, 0.717) is 18.8 Å². The number of aliphatic hydroxyl groups is 1. The van der Waals surface area contributed by atoms with Gasteiger partial charge in [-0.05, 0) is 24.3 Å². The third kappa shape index (κ3) is 5.29. The minimum Gasteiger partial charge on any atom is -0.374 e. The van der Waals surface area contributed by atoms with Crippen molar-refractivity contribution in [3.8, 4) is 0 Å². The molecule has 0 spiro atoms. The molecule has 1 aromatic carbocycles. The van der Waals surface area contributed by atoms with E-state index in [0.717, 1.165) is 5.56 Å². The second kappa shape index (κ2) is 7.13. The third-order valence-corrected chi connectivity index (χ3v) is 2.64. The lowest BCUT2D eigenvalue weighted by Crippen LogP contribution is -2.46. The van der Waals surface area contributed by atoms with Gasteiger partial charge in [0.2, 0.25) is 5.91 Å². The predicted molar refractivity (Wildman–Crippen MR) is 71.7 cm³/mol. The van der Waals surface area contributed by atoms with Gasteiger partial charge in [-0.2, -0.15) is 0 Å². The Hall–Kier alpha value is -1.39. The molecule has 0 radical (unpaired) electrons. The Morgan fingerprint density at radius 3 is 2.50 bits per heavy atom. The molecule has 1 rings (SSSR count). The van der Waals surface area contributed by atoms with Crippen LogP contribution in [0.4, 0.5) is 0 Å². The molecule has 1 amide bonds. The molecule has 0 bridgehead atoms. The van der Waals surface area contributed by atoms with E-state index in [1.54, 1.807) is 0 Å². The molecule has 4 heteroatoms. The summed E-state index contributed by atoms with van der Waals surface area (Å²) < 4.78 is 0. The molecule has 18 heavy (non-hydrogen) atoms. The highest BCUT2D eigenvalue weighted by atomic mass is 16.3. The molecule has 0 saturated carbocycles. The predicted octanol–water partition coefficient (Wildman–Crippen LogP) is 1.04. The van der Waals surface area contributed by atoms with E-state index in [4.69, 9.17) is 5.73 Å². The fourth-order valence-corrected chi connectivity index (χ4v) is 1.74. The lowest BCUT2D eigenvalue weighted by Gasteiger charge is -2.18. The highest BCUT2D eigenvalue weighted by molar-refractivity contribution is 5.81. The Balaban J connectivity index is 2.42. The SMILES string of the molecule is CC(C)CC(O)NC(=O)C(N)Cc1ccccc1. The molecular formula is C14H22N2O2. The average Bonchev–Trinajstić information content (AvgIpc) is 2.28. The van der Waals surface area contributed by atoms with Crippen molar-refractivity contribution in [2.24, 2.45) is 11.7 Å². The topological polar surface area (TPSA) is 75.3 Å². The number of nitrogens with one attached hydrogen (secondary N) is 1. The number of hydrogen-bond acceptors (Lipinski definition) is 3. The second-order valence-electron chi connectivity index (χ2n) is 4.95. The quantitative estimate of drug-likeness (QED) is 0.660. The number of amides is 1. The molecular weight excluding hydrogens is 228 g/mol. The minimum atomic E-state index is -0.820. The van der Waals surface area contributed by atoms with Crippen LogP contribution in [0.3, 0.4) is 0 Å². The van der Waals surface area contributed by atoms with Gasteiger partial charge in [0.25, 0.3) is 0 Å². The number of benzene rings is 1. The maximum Gasteiger partial charge on any atom is 0.239 e. The van der Waals surface area contributed by atoms with E-state index < -0.39 is 12.3 Å². The molecule has 0 aliphatic heterocycles. The van der Waals surface area contributed by atoms with Crippen LogP contribution in [0.15, 0.2) is 30.3 Å². The lowest BCUT2D eigenvalue weighted by molar-refractivity contribution is -0.125. The summed E-state index contributed by atoms with van der Waals surface area (Å²) in [5.41, 5.74) is 6.82. The maximum atomic E-state index is 11.7. The molecule has 2 unspecified atom stereocenters. The Bertz CT molecular complexity index is 365. The van der Waals surface area contributed by atoms with Gasteiger partial charge < -0.3 is 16.2 Å². The number of hydrogen-bond donors (Lipinski definition) is 3. The highest BCUT2D eigenvalue weighted by Gasteiger charge is 2.17. The van der Waals surface area contributed by atoms with Crippen molar-refractivity contribution in [2.45, 2.75) is 39.0 Å². The summed E-state index contributed by atoms with van der Waals surface area (Å²) in [5.74, 6) is 0.0117. The summed E-state index contributed by atoms with van der Waals surface area (Å²) in [5, 5.41) is 12.1. The average molecular weight is 250 g/mol. The summed E-state index contributed by atoms with van der Waals surface area (Å²) in [4.78, 5) is 11.7. The lowest BCUT2D eigenvalue weighted by atomic mass is 10.1. The molecule has 4 nitrogen and oxygen atoms in total. The number of aliphatic hydroxyl groups excluding tert-OH is 1. The molecule has 0 saturated heterocycles. The smallest absolute Gasteiger partial charge is 0.239 e. The first-order valence-corrected chi connectivity index (χ1v) is 6.27. The van der Waals surface area contributed by atoms with Gasteiger partial charge in [0.1, 0.15) is 6.23 Å². The Kier molecular flexibility index (Phi) is 5.82. The van der Waals surface area contributed by atoms with Gasteiger partial charge >= 0.3 is 0 Å². The van der Waals surface area contributed by atoms with Crippen LogP contribution < -0.4 is 11.1 Å². The fraction of sp³-hybridized carbons (Fsp3) is 0.500. The zero-order chi connectivity index (χ0) is 13.5. The van der Waals surface area contributed by atoms with Crippen LogP contribution >= 0.6 is 0 Å². The number of carbonyl (C=O) groups is 1. The Morgan fingerprint density at radius 2 is 1.94 bits per heavy atom. The third-order valence-electron chi connectivity index (χ3n) is 2.64. The van der Waals surface area contributed by atoms with E-state index in [1.165, 1.54) is 0 Å². The van der Waals surface area contributed by atoms with Crippen LogP contribution in [-0.4, -0.2) is 23.3 Å². The van der Waals surface area contributed by atoms with E-state index in [9.17, 15) is 9.90 Å². The highest BCUT2D eigenvalue weighted by Crippen LogP contribution is 2.04. The minimum absolute atomic E-state index is 0.313. The van der Waals surface area contributed by atoms with Gasteiger partial charge in [0.05, 0.1) is 6.04 Å². The van der Waals surface area contributed by atoms with Gasteiger partial charge in [-0.25, -0.2) is 0 Å². The van der Waals surface area contributed by atoms with Crippen molar-refractivity contribution < 1.29 is 9.90 Å². The number of rotatable bonds is 6. The van der Waals surface area contributed by atoms with Crippen LogP contribution in [0.2, 0.25) is 0 Å². The van der Waals surface area contributed by atoms with Gasteiger partial charge in [-0.15, -0.1) is 0 Å². The molecule has 2 atom stereocenters. The van der Waals surface area contributed by atoms with E-state index in [1.807, 2.05) is 44.2 Å². The molecule has 0 aliphatic rings. The summed E-state index contributed by atoms with van der Waals surface area (Å²) in [6, 6.07) is 8.96. The standard InChI is InChI=1S/C14H22N2O2/c1-10(2)8-13(17)16-14(18)12(15)9-11-6-4-3-5-7-11/h3-7,10,12-13,17H,8-9,15H2,1-2H3,(H,16,18). The van der Waals surface area contributed by atoms with E-state index >= 15 is 0 Å². The summed E-state index contributed by atoms with van der Waals surface area (Å²) in [6.07, 6.45) is 0.185. The van der Waals surface area contributed by atoms with Crippen LogP contribution in [0.25, 0.3) is 0 Å². The van der Waals surface area contributed by atoms with Gasteiger partial charge in [0, 0.05) is 0 Å². The van der Waals surface area contributed by atoms with Crippen LogP contribution in [-0.2, 0) is 11.2 Å². The normalized spacial score (nSPS) is 14.3. The van der Waals surface area contributed by atoms with Gasteiger partial charge in [-0.3, -0.25) is 4.79 Å². The Labute approximate surface area is 108 Å². The van der Waals surface area contributed by atoms with Crippen molar-refractivity contribution in [1.29, 1.82) is 0 Å². The number of nitrogens with two attached hydrogens (primary N) is 1. The first kappa shape index (κ1) is 14.7. The summed E-state index contributed by atoms with van der Waals surface area (Å²) in [6.45, 7) is 3.97. The molecule has 4 N–H and O–H groups in total. The molecule has 1 aromatic rings. The molecule has 0 aliphatic carbocycles. The van der Waals surface area contributed by atoms with Crippen molar-refractivity contribution >= 4 is 5.91 Å². The molecule has 0 heterocycles. The monoisotopic (exact) mass is 250 g/mol. The first-order valence-electron chi connectivity index (χ1n) is 6.27. The van der Waals surface area contributed by atoms with Crippen molar-refractivity contribution in [3.63, 3.8) is 0 Å². The van der Waals surface area contributed by atoms with Crippen LogP contribution in [0, 0.1) is 5.92 Å². The molecule has 100 valence electrons. The fourth-order valence-electron chi connectivity index (χ4n) is 1.74. The maximum absolute atomic E-state index is 11.7. The zero-order valence-electron chi connectivity index (χ0n) is 11.0. The van der Waals surface area contributed by atoms with Crippen molar-refractivity contribution in [2.75, 3.05) is 0 Å². The zero-order valence-corrected chi connectivity index (χ0v) is 11.0.